The van der Waals surface area contributed by atoms with E-state index in [-0.39, 0.29) is 5.91 Å². The fourth-order valence-electron chi connectivity index (χ4n) is 2.49. The molecule has 2 N–H and O–H groups in total. The van der Waals surface area contributed by atoms with Crippen LogP contribution < -0.4 is 10.6 Å². The molecule has 0 atom stereocenters. The Morgan fingerprint density at radius 2 is 2.36 bits per heavy atom. The molecule has 1 amide bonds. The second-order valence-corrected chi connectivity index (χ2v) is 5.35. The van der Waals surface area contributed by atoms with Crippen LogP contribution in [0.3, 0.4) is 0 Å². The Hall–Kier alpha value is -1.98. The number of aliphatic imine (C=N–C) groups is 1. The zero-order chi connectivity index (χ0) is 15.6. The molecular formula is C16H26N4O2. The highest BCUT2D eigenvalue weighted by molar-refractivity contribution is 5.79. The Balaban J connectivity index is 1.66. The Labute approximate surface area is 132 Å². The average molecular weight is 306 g/mol. The molecule has 1 aromatic rings. The van der Waals surface area contributed by atoms with E-state index in [0.29, 0.717) is 6.42 Å². The smallest absolute Gasteiger partial charge is 0.222 e. The van der Waals surface area contributed by atoms with Gasteiger partial charge in [-0.3, -0.25) is 9.79 Å². The summed E-state index contributed by atoms with van der Waals surface area (Å²) in [7, 11) is 0. The third-order valence-corrected chi connectivity index (χ3v) is 3.62. The van der Waals surface area contributed by atoms with Gasteiger partial charge in [0.15, 0.2) is 5.96 Å². The maximum Gasteiger partial charge on any atom is 0.222 e. The predicted octanol–water partition coefficient (Wildman–Crippen LogP) is 1.39. The van der Waals surface area contributed by atoms with Crippen LogP contribution in [0.2, 0.25) is 0 Å². The van der Waals surface area contributed by atoms with Gasteiger partial charge < -0.3 is 20.0 Å². The number of rotatable bonds is 8. The molecule has 0 saturated carbocycles. The average Bonchev–Trinajstić information content (AvgIpc) is 3.15. The molecule has 1 aliphatic heterocycles. The number of nitrogens with one attached hydrogen (secondary N) is 2. The molecule has 2 rings (SSSR count). The van der Waals surface area contributed by atoms with Gasteiger partial charge in [-0.05, 0) is 31.9 Å². The highest BCUT2D eigenvalue weighted by Crippen LogP contribution is 2.09. The van der Waals surface area contributed by atoms with E-state index in [9.17, 15) is 4.79 Å². The molecule has 0 radical (unpaired) electrons. The van der Waals surface area contributed by atoms with Crippen molar-refractivity contribution in [3.05, 3.63) is 24.2 Å². The third kappa shape index (κ3) is 5.42. The van der Waals surface area contributed by atoms with E-state index in [1.165, 1.54) is 0 Å². The molecule has 6 nitrogen and oxygen atoms in total. The number of guanidine groups is 1. The second-order valence-electron chi connectivity index (χ2n) is 5.35. The van der Waals surface area contributed by atoms with Crippen molar-refractivity contribution in [3.8, 4) is 0 Å². The van der Waals surface area contributed by atoms with Gasteiger partial charge in [-0.2, -0.15) is 0 Å². The van der Waals surface area contributed by atoms with Gasteiger partial charge in [0.25, 0.3) is 0 Å². The lowest BCUT2D eigenvalue weighted by atomic mass is 10.3. The summed E-state index contributed by atoms with van der Waals surface area (Å²) in [6.45, 7) is 6.10. The Kier molecular flexibility index (Phi) is 6.80. The largest absolute Gasteiger partial charge is 0.469 e. The molecule has 1 fully saturated rings. The van der Waals surface area contributed by atoms with Gasteiger partial charge in [-0.1, -0.05) is 0 Å². The van der Waals surface area contributed by atoms with Crippen LogP contribution in [0, 0.1) is 0 Å². The van der Waals surface area contributed by atoms with Gasteiger partial charge in [0.2, 0.25) is 5.91 Å². The van der Waals surface area contributed by atoms with Crippen molar-refractivity contribution >= 4 is 11.9 Å². The first-order chi connectivity index (χ1) is 10.8. The summed E-state index contributed by atoms with van der Waals surface area (Å²) in [5.41, 5.74) is 0. The molecule has 1 aliphatic rings. The van der Waals surface area contributed by atoms with E-state index >= 15 is 0 Å². The van der Waals surface area contributed by atoms with Crippen molar-refractivity contribution in [2.24, 2.45) is 4.99 Å². The van der Waals surface area contributed by atoms with Gasteiger partial charge in [-0.15, -0.1) is 0 Å². The van der Waals surface area contributed by atoms with E-state index in [1.807, 2.05) is 24.0 Å². The van der Waals surface area contributed by atoms with E-state index in [4.69, 9.17) is 4.42 Å². The molecule has 22 heavy (non-hydrogen) atoms. The molecule has 1 saturated heterocycles. The normalized spacial score (nSPS) is 15.4. The molecule has 122 valence electrons. The maximum atomic E-state index is 11.5. The monoisotopic (exact) mass is 306 g/mol. The molecule has 0 aliphatic carbocycles. The van der Waals surface area contributed by atoms with Gasteiger partial charge >= 0.3 is 0 Å². The number of likely N-dealkylation sites (tertiary alicyclic amines) is 1. The topological polar surface area (TPSA) is 69.9 Å². The Morgan fingerprint density at radius 3 is 3.05 bits per heavy atom. The van der Waals surface area contributed by atoms with Crippen molar-refractivity contribution in [2.45, 2.75) is 32.6 Å². The minimum atomic E-state index is 0.285. The molecular weight excluding hydrogens is 280 g/mol. The lowest BCUT2D eigenvalue weighted by Gasteiger charge is -2.15. The Morgan fingerprint density at radius 1 is 1.45 bits per heavy atom. The maximum absolute atomic E-state index is 11.5. The molecule has 2 heterocycles. The molecule has 0 unspecified atom stereocenters. The fourth-order valence-corrected chi connectivity index (χ4v) is 2.49. The summed E-state index contributed by atoms with van der Waals surface area (Å²) < 4.78 is 5.30. The first kappa shape index (κ1) is 16.4. The molecule has 1 aromatic heterocycles. The van der Waals surface area contributed by atoms with E-state index in [0.717, 1.165) is 63.7 Å². The summed E-state index contributed by atoms with van der Waals surface area (Å²) in [6.07, 6.45) is 5.13. The van der Waals surface area contributed by atoms with Crippen molar-refractivity contribution in [1.82, 2.24) is 15.5 Å². The summed E-state index contributed by atoms with van der Waals surface area (Å²) in [4.78, 5) is 18.0. The first-order valence-electron chi connectivity index (χ1n) is 8.12. The number of furan rings is 1. The molecule has 0 spiro atoms. The molecule has 6 heteroatoms. The SMILES string of the molecule is CCNC(=NCCCN1CCCC1=O)NCCc1ccco1. The van der Waals surface area contributed by atoms with Crippen LogP contribution in [0.25, 0.3) is 0 Å². The number of amides is 1. The van der Waals surface area contributed by atoms with E-state index in [1.54, 1.807) is 6.26 Å². The van der Waals surface area contributed by atoms with Crippen LogP contribution >= 0.6 is 0 Å². The summed E-state index contributed by atoms with van der Waals surface area (Å²) in [6, 6.07) is 3.87. The zero-order valence-electron chi connectivity index (χ0n) is 13.3. The van der Waals surface area contributed by atoms with Crippen molar-refractivity contribution in [2.75, 3.05) is 32.7 Å². The fraction of sp³-hybridized carbons (Fsp3) is 0.625. The van der Waals surface area contributed by atoms with Crippen LogP contribution in [0.1, 0.15) is 31.9 Å². The van der Waals surface area contributed by atoms with E-state index < -0.39 is 0 Å². The highest BCUT2D eigenvalue weighted by atomic mass is 16.3. The summed E-state index contributed by atoms with van der Waals surface area (Å²) >= 11 is 0. The van der Waals surface area contributed by atoms with Crippen LogP contribution in [-0.2, 0) is 11.2 Å². The summed E-state index contributed by atoms with van der Waals surface area (Å²) in [5.74, 6) is 2.07. The van der Waals surface area contributed by atoms with Gasteiger partial charge in [0.05, 0.1) is 6.26 Å². The predicted molar refractivity (Wildman–Crippen MR) is 86.8 cm³/mol. The van der Waals surface area contributed by atoms with Crippen LogP contribution in [0.15, 0.2) is 27.8 Å². The van der Waals surface area contributed by atoms with Crippen molar-refractivity contribution in [3.63, 3.8) is 0 Å². The minimum Gasteiger partial charge on any atom is -0.469 e. The van der Waals surface area contributed by atoms with E-state index in [2.05, 4.69) is 15.6 Å². The summed E-state index contributed by atoms with van der Waals surface area (Å²) in [5, 5.41) is 6.52. The number of hydrogen-bond acceptors (Lipinski definition) is 3. The highest BCUT2D eigenvalue weighted by Gasteiger charge is 2.18. The Bertz CT molecular complexity index is 471. The van der Waals surface area contributed by atoms with Gasteiger partial charge in [0.1, 0.15) is 5.76 Å². The van der Waals surface area contributed by atoms with Gasteiger partial charge in [-0.25, -0.2) is 0 Å². The van der Waals surface area contributed by atoms with Crippen molar-refractivity contribution in [1.29, 1.82) is 0 Å². The molecule has 0 aromatic carbocycles. The third-order valence-electron chi connectivity index (χ3n) is 3.62. The number of nitrogens with zero attached hydrogens (tertiary/aromatic N) is 2. The van der Waals surface area contributed by atoms with Gasteiger partial charge in [0, 0.05) is 45.6 Å². The van der Waals surface area contributed by atoms with Crippen LogP contribution in [-0.4, -0.2) is 49.5 Å². The van der Waals surface area contributed by atoms with Crippen LogP contribution in [0.4, 0.5) is 0 Å². The first-order valence-corrected chi connectivity index (χ1v) is 8.12. The lowest BCUT2D eigenvalue weighted by Crippen LogP contribution is -2.38. The minimum absolute atomic E-state index is 0.285. The lowest BCUT2D eigenvalue weighted by molar-refractivity contribution is -0.127. The van der Waals surface area contributed by atoms with Crippen LogP contribution in [0.5, 0.6) is 0 Å². The zero-order valence-corrected chi connectivity index (χ0v) is 13.3. The quantitative estimate of drug-likeness (QED) is 0.432. The standard InChI is InChI=1S/C16H26N4O2/c1-2-17-16(19-10-8-14-6-4-13-22-14)18-9-5-12-20-11-3-7-15(20)21/h4,6,13H,2-3,5,7-12H2,1H3,(H2,17,18,19). The number of carbonyl (C=O) groups excluding carboxylic acids is 1. The van der Waals surface area contributed by atoms with Crippen molar-refractivity contribution < 1.29 is 9.21 Å². The second kappa shape index (κ2) is 9.12. The number of carbonyl (C=O) groups is 1. The number of hydrogen-bond donors (Lipinski definition) is 2. The molecule has 0 bridgehead atoms.